The van der Waals surface area contributed by atoms with Gasteiger partial charge in [-0.15, -0.1) is 0 Å². The summed E-state index contributed by atoms with van der Waals surface area (Å²) >= 11 is 1.49. The van der Waals surface area contributed by atoms with Gasteiger partial charge in [-0.3, -0.25) is 4.98 Å². The molecule has 0 saturated carbocycles. The molecule has 1 unspecified atom stereocenters. The minimum absolute atomic E-state index is 0.204. The molecule has 0 aliphatic rings. The number of hydrogen-bond acceptors (Lipinski definition) is 6. The van der Waals surface area contributed by atoms with Crippen molar-refractivity contribution >= 4 is 22.7 Å². The molecule has 2 aromatic rings. The first kappa shape index (κ1) is 13.2. The fraction of sp³-hybridized carbons (Fsp3) is 0.417. The average Bonchev–Trinajstić information content (AvgIpc) is 2.36. The van der Waals surface area contributed by atoms with E-state index in [9.17, 15) is 5.11 Å². The highest BCUT2D eigenvalue weighted by Gasteiger charge is 2.14. The second kappa shape index (κ2) is 5.17. The van der Waals surface area contributed by atoms with Crippen LogP contribution in [0.15, 0.2) is 17.4 Å². The Balaban J connectivity index is 2.73. The molecule has 0 radical (unpaired) electrons. The first-order chi connectivity index (χ1) is 8.52. The summed E-state index contributed by atoms with van der Waals surface area (Å²) in [5.74, 6) is 0.204. The number of aliphatic hydroxyl groups excluding tert-OH is 1. The monoisotopic (exact) mass is 264 g/mol. The molecule has 2 heterocycles. The topological polar surface area (TPSA) is 84.9 Å². The maximum Gasteiger partial charge on any atom is 0.187 e. The molecule has 2 aromatic heterocycles. The molecule has 3 N–H and O–H groups in total. The van der Waals surface area contributed by atoms with Gasteiger partial charge in [0.05, 0.1) is 16.9 Å². The highest BCUT2D eigenvalue weighted by atomic mass is 32.2. The minimum Gasteiger partial charge on any atom is -0.373 e. The molecule has 0 spiro atoms. The zero-order valence-electron chi connectivity index (χ0n) is 10.6. The van der Waals surface area contributed by atoms with E-state index < -0.39 is 6.23 Å². The van der Waals surface area contributed by atoms with Gasteiger partial charge in [-0.2, -0.15) is 0 Å². The van der Waals surface area contributed by atoms with Gasteiger partial charge in [0.15, 0.2) is 5.16 Å². The second-order valence-electron chi connectivity index (χ2n) is 4.33. The largest absolute Gasteiger partial charge is 0.373 e. The second-order valence-corrected chi connectivity index (χ2v) is 5.10. The Kier molecular flexibility index (Phi) is 3.79. The van der Waals surface area contributed by atoms with Gasteiger partial charge in [-0.05, 0) is 18.2 Å². The fourth-order valence-electron chi connectivity index (χ4n) is 1.72. The molecule has 0 saturated heterocycles. The van der Waals surface area contributed by atoms with Crippen molar-refractivity contribution in [3.05, 3.63) is 23.7 Å². The van der Waals surface area contributed by atoms with Crippen molar-refractivity contribution in [3.63, 3.8) is 0 Å². The van der Waals surface area contributed by atoms with Gasteiger partial charge >= 0.3 is 0 Å². The van der Waals surface area contributed by atoms with Crippen LogP contribution in [0.2, 0.25) is 0 Å². The van der Waals surface area contributed by atoms with E-state index in [1.54, 1.807) is 12.3 Å². The van der Waals surface area contributed by atoms with E-state index in [-0.39, 0.29) is 5.92 Å². The maximum atomic E-state index is 9.46. The zero-order chi connectivity index (χ0) is 13.3. The molecular weight excluding hydrogens is 248 g/mol. The third-order valence-electron chi connectivity index (χ3n) is 2.62. The highest BCUT2D eigenvalue weighted by molar-refractivity contribution is 7.98. The first-order valence-electron chi connectivity index (χ1n) is 5.68. The summed E-state index contributed by atoms with van der Waals surface area (Å²) < 4.78 is 0. The Morgan fingerprint density at radius 1 is 1.33 bits per heavy atom. The molecule has 18 heavy (non-hydrogen) atoms. The van der Waals surface area contributed by atoms with Gasteiger partial charge in [-0.25, -0.2) is 9.97 Å². The van der Waals surface area contributed by atoms with E-state index in [1.165, 1.54) is 11.8 Å². The van der Waals surface area contributed by atoms with Crippen LogP contribution in [0.3, 0.4) is 0 Å². The number of aliphatic hydroxyl groups is 1. The summed E-state index contributed by atoms with van der Waals surface area (Å²) in [6.45, 7) is 4.07. The molecule has 2 rings (SSSR count). The molecule has 0 aliphatic carbocycles. The van der Waals surface area contributed by atoms with Crippen molar-refractivity contribution < 1.29 is 5.11 Å². The quantitative estimate of drug-likeness (QED) is 0.499. The van der Waals surface area contributed by atoms with E-state index in [4.69, 9.17) is 5.73 Å². The van der Waals surface area contributed by atoms with Crippen LogP contribution in [0, 0.1) is 0 Å². The van der Waals surface area contributed by atoms with E-state index in [0.717, 1.165) is 16.6 Å². The normalized spacial score (nSPS) is 13.2. The lowest BCUT2D eigenvalue weighted by atomic mass is 10.1. The average molecular weight is 264 g/mol. The molecule has 0 aromatic carbocycles. The van der Waals surface area contributed by atoms with Crippen molar-refractivity contribution in [2.45, 2.75) is 31.1 Å². The number of nitrogens with two attached hydrogens (primary N) is 1. The fourth-order valence-corrected chi connectivity index (χ4v) is 2.06. The first-order valence-corrected chi connectivity index (χ1v) is 6.90. The number of rotatable bonds is 3. The molecule has 96 valence electrons. The van der Waals surface area contributed by atoms with Gasteiger partial charge in [-0.1, -0.05) is 25.6 Å². The molecule has 5 nitrogen and oxygen atoms in total. The third-order valence-corrected chi connectivity index (χ3v) is 3.18. The molecule has 0 fully saturated rings. The Labute approximate surface area is 110 Å². The van der Waals surface area contributed by atoms with Crippen molar-refractivity contribution in [1.82, 2.24) is 15.0 Å². The van der Waals surface area contributed by atoms with Crippen molar-refractivity contribution in [3.8, 4) is 0 Å². The van der Waals surface area contributed by atoms with Crippen LogP contribution in [0.25, 0.3) is 10.9 Å². The Morgan fingerprint density at radius 2 is 2.06 bits per heavy atom. The molecule has 6 heteroatoms. The van der Waals surface area contributed by atoms with Gasteiger partial charge in [0.1, 0.15) is 6.23 Å². The van der Waals surface area contributed by atoms with Crippen LogP contribution in [-0.4, -0.2) is 26.3 Å². The van der Waals surface area contributed by atoms with Gasteiger partial charge in [0.2, 0.25) is 0 Å². The summed E-state index contributed by atoms with van der Waals surface area (Å²) in [6.07, 6.45) is 2.60. The van der Waals surface area contributed by atoms with Crippen molar-refractivity contribution in [2.75, 3.05) is 6.26 Å². The summed E-state index contributed by atoms with van der Waals surface area (Å²) in [5.41, 5.74) is 7.59. The number of hydrogen-bond donors (Lipinski definition) is 2. The van der Waals surface area contributed by atoms with Crippen LogP contribution in [0.4, 0.5) is 0 Å². The standard InChI is InChI=1S/C12H16N4OS/c1-6(2)9-10-7(4-8(15-9)11(13)17)5-14-12(16-10)18-3/h4-6,11,17H,13H2,1-3H3. The number of nitrogens with zero attached hydrogens (tertiary/aromatic N) is 3. The highest BCUT2D eigenvalue weighted by Crippen LogP contribution is 2.25. The lowest BCUT2D eigenvalue weighted by molar-refractivity contribution is 0.181. The van der Waals surface area contributed by atoms with E-state index in [0.29, 0.717) is 10.9 Å². The van der Waals surface area contributed by atoms with Gasteiger partial charge in [0.25, 0.3) is 0 Å². The third kappa shape index (κ3) is 2.45. The molecular formula is C12H16N4OS. The summed E-state index contributed by atoms with van der Waals surface area (Å²) in [5, 5.41) is 11.0. The van der Waals surface area contributed by atoms with Gasteiger partial charge in [0, 0.05) is 11.6 Å². The maximum absolute atomic E-state index is 9.46. The van der Waals surface area contributed by atoms with Crippen molar-refractivity contribution in [2.24, 2.45) is 5.73 Å². The Bertz CT molecular complexity index is 571. The molecule has 0 amide bonds. The predicted octanol–water partition coefficient (Wildman–Crippen LogP) is 1.82. The molecule has 0 bridgehead atoms. The smallest absolute Gasteiger partial charge is 0.187 e. The number of pyridine rings is 1. The number of aromatic nitrogens is 3. The summed E-state index contributed by atoms with van der Waals surface area (Å²) in [4.78, 5) is 13.1. The summed E-state index contributed by atoms with van der Waals surface area (Å²) in [6, 6.07) is 1.73. The van der Waals surface area contributed by atoms with Crippen molar-refractivity contribution in [1.29, 1.82) is 0 Å². The molecule has 0 aliphatic heterocycles. The SMILES string of the molecule is CSc1ncc2cc(C(N)O)nc(C(C)C)c2n1. The van der Waals surface area contributed by atoms with Crippen LogP contribution in [0.1, 0.15) is 37.4 Å². The zero-order valence-corrected chi connectivity index (χ0v) is 11.4. The van der Waals surface area contributed by atoms with Crippen LogP contribution in [-0.2, 0) is 0 Å². The van der Waals surface area contributed by atoms with Gasteiger partial charge < -0.3 is 10.8 Å². The Morgan fingerprint density at radius 3 is 2.61 bits per heavy atom. The van der Waals surface area contributed by atoms with Crippen LogP contribution in [0.5, 0.6) is 0 Å². The molecule has 1 atom stereocenters. The number of fused-ring (bicyclic) bond motifs is 1. The minimum atomic E-state index is -1.08. The number of thioether (sulfide) groups is 1. The van der Waals surface area contributed by atoms with Crippen LogP contribution >= 0.6 is 11.8 Å². The van der Waals surface area contributed by atoms with Crippen LogP contribution < -0.4 is 5.73 Å². The lowest BCUT2D eigenvalue weighted by Crippen LogP contribution is -2.12. The summed E-state index contributed by atoms with van der Waals surface area (Å²) in [7, 11) is 0. The van der Waals surface area contributed by atoms with E-state index >= 15 is 0 Å². The van der Waals surface area contributed by atoms with E-state index in [2.05, 4.69) is 15.0 Å². The lowest BCUT2D eigenvalue weighted by Gasteiger charge is -2.12. The predicted molar refractivity (Wildman–Crippen MR) is 72.4 cm³/mol. The van der Waals surface area contributed by atoms with E-state index in [1.807, 2.05) is 20.1 Å². The Hall–Kier alpha value is -1.24.